The Kier molecular flexibility index (Phi) is 6.64. The molecule has 0 saturated heterocycles. The molecule has 4 N–H and O–H groups in total. The van der Waals surface area contributed by atoms with Gasteiger partial charge in [-0.05, 0) is 33.4 Å². The Morgan fingerprint density at radius 3 is 1.60 bits per heavy atom. The average molecular weight is 218 g/mol. The van der Waals surface area contributed by atoms with Gasteiger partial charge in [-0.3, -0.25) is 9.59 Å². The highest BCUT2D eigenvalue weighted by Crippen LogP contribution is 1.84. The molecular weight excluding hydrogens is 200 g/mol. The molecule has 0 aliphatic heterocycles. The molecular formula is C9H18N2O4. The minimum absolute atomic E-state index is 0.548. The van der Waals surface area contributed by atoms with Crippen LogP contribution in [-0.4, -0.2) is 47.3 Å². The Morgan fingerprint density at radius 2 is 1.33 bits per heavy atom. The summed E-state index contributed by atoms with van der Waals surface area (Å²) in [5.74, 6) is -1.77. The first-order valence-electron chi connectivity index (χ1n) is 4.87. The van der Waals surface area contributed by atoms with E-state index in [-0.39, 0.29) is 0 Å². The van der Waals surface area contributed by atoms with Crippen molar-refractivity contribution in [2.45, 2.75) is 32.4 Å². The third-order valence-electron chi connectivity index (χ3n) is 2.00. The van der Waals surface area contributed by atoms with Crippen molar-refractivity contribution in [2.75, 3.05) is 13.1 Å². The van der Waals surface area contributed by atoms with Gasteiger partial charge in [0.15, 0.2) is 0 Å². The summed E-state index contributed by atoms with van der Waals surface area (Å²) in [6.07, 6.45) is 0.690. The van der Waals surface area contributed by atoms with Crippen LogP contribution >= 0.6 is 0 Å². The monoisotopic (exact) mass is 218 g/mol. The number of carboxylic acid groups (broad SMARTS) is 2. The summed E-state index contributed by atoms with van der Waals surface area (Å²) in [7, 11) is 0. The molecule has 88 valence electrons. The fraction of sp³-hybridized carbons (Fsp3) is 0.778. The molecule has 0 aliphatic carbocycles. The lowest BCUT2D eigenvalue weighted by Crippen LogP contribution is -2.38. The minimum atomic E-state index is -0.887. The Balaban J connectivity index is 3.40. The lowest BCUT2D eigenvalue weighted by molar-refractivity contribution is -0.139. The van der Waals surface area contributed by atoms with Gasteiger partial charge in [-0.2, -0.15) is 0 Å². The molecule has 0 aromatic rings. The number of hydrogen-bond donors (Lipinski definition) is 4. The third kappa shape index (κ3) is 6.87. The van der Waals surface area contributed by atoms with Gasteiger partial charge in [0.2, 0.25) is 0 Å². The third-order valence-corrected chi connectivity index (χ3v) is 2.00. The summed E-state index contributed by atoms with van der Waals surface area (Å²) < 4.78 is 0. The number of aliphatic carboxylic acids is 2. The molecule has 0 fully saturated rings. The van der Waals surface area contributed by atoms with Gasteiger partial charge in [-0.1, -0.05) is 0 Å². The SMILES string of the molecule is C[C@@H](NCCCN[C@H](C)C(=O)O)C(=O)O. The molecule has 0 aromatic heterocycles. The summed E-state index contributed by atoms with van der Waals surface area (Å²) >= 11 is 0. The zero-order valence-electron chi connectivity index (χ0n) is 8.99. The maximum atomic E-state index is 10.4. The number of rotatable bonds is 8. The van der Waals surface area contributed by atoms with Gasteiger partial charge >= 0.3 is 11.9 Å². The van der Waals surface area contributed by atoms with E-state index in [1.165, 1.54) is 0 Å². The van der Waals surface area contributed by atoms with E-state index >= 15 is 0 Å². The van der Waals surface area contributed by atoms with Crippen molar-refractivity contribution in [1.82, 2.24) is 10.6 Å². The molecule has 0 aromatic carbocycles. The molecule has 0 amide bonds. The van der Waals surface area contributed by atoms with E-state index in [1.54, 1.807) is 13.8 Å². The van der Waals surface area contributed by atoms with E-state index in [0.29, 0.717) is 19.5 Å². The maximum Gasteiger partial charge on any atom is 0.320 e. The molecule has 0 aliphatic rings. The van der Waals surface area contributed by atoms with Crippen molar-refractivity contribution in [1.29, 1.82) is 0 Å². The van der Waals surface area contributed by atoms with Gasteiger partial charge in [0, 0.05) is 0 Å². The van der Waals surface area contributed by atoms with Crippen LogP contribution < -0.4 is 10.6 Å². The Bertz CT molecular complexity index is 198. The first-order chi connectivity index (χ1) is 6.95. The van der Waals surface area contributed by atoms with Crippen molar-refractivity contribution in [3.05, 3.63) is 0 Å². The summed E-state index contributed by atoms with van der Waals surface area (Å²) in [5.41, 5.74) is 0. The fourth-order valence-electron chi connectivity index (χ4n) is 0.900. The summed E-state index contributed by atoms with van der Waals surface area (Å²) in [5, 5.41) is 22.7. The quantitative estimate of drug-likeness (QED) is 0.410. The zero-order chi connectivity index (χ0) is 11.8. The molecule has 0 unspecified atom stereocenters. The van der Waals surface area contributed by atoms with E-state index in [4.69, 9.17) is 10.2 Å². The van der Waals surface area contributed by atoms with E-state index < -0.39 is 24.0 Å². The lowest BCUT2D eigenvalue weighted by Gasteiger charge is -2.11. The second-order valence-electron chi connectivity index (χ2n) is 3.38. The first-order valence-corrected chi connectivity index (χ1v) is 4.87. The second kappa shape index (κ2) is 7.19. The average Bonchev–Trinajstić information content (AvgIpc) is 2.16. The molecule has 0 bridgehead atoms. The molecule has 6 nitrogen and oxygen atoms in total. The van der Waals surface area contributed by atoms with Gasteiger partial charge in [0.1, 0.15) is 12.1 Å². The second-order valence-corrected chi connectivity index (χ2v) is 3.38. The Hall–Kier alpha value is -1.14. The highest BCUT2D eigenvalue weighted by Gasteiger charge is 2.10. The number of hydrogen-bond acceptors (Lipinski definition) is 4. The molecule has 0 rings (SSSR count). The van der Waals surface area contributed by atoms with Crippen molar-refractivity contribution in [3.8, 4) is 0 Å². The zero-order valence-corrected chi connectivity index (χ0v) is 8.99. The summed E-state index contributed by atoms with van der Waals surface area (Å²) in [6.45, 7) is 4.23. The maximum absolute atomic E-state index is 10.4. The predicted molar refractivity (Wildman–Crippen MR) is 54.8 cm³/mol. The minimum Gasteiger partial charge on any atom is -0.480 e. The number of nitrogens with one attached hydrogen (secondary N) is 2. The van der Waals surface area contributed by atoms with Gasteiger partial charge in [0.05, 0.1) is 0 Å². The molecule has 0 radical (unpaired) electrons. The van der Waals surface area contributed by atoms with Crippen LogP contribution in [0.15, 0.2) is 0 Å². The van der Waals surface area contributed by atoms with Gasteiger partial charge in [-0.25, -0.2) is 0 Å². The lowest BCUT2D eigenvalue weighted by atomic mass is 10.3. The van der Waals surface area contributed by atoms with Crippen LogP contribution in [0.25, 0.3) is 0 Å². The number of carboxylic acids is 2. The molecule has 15 heavy (non-hydrogen) atoms. The first kappa shape index (κ1) is 13.9. The van der Waals surface area contributed by atoms with Gasteiger partial charge < -0.3 is 20.8 Å². The van der Waals surface area contributed by atoms with Crippen molar-refractivity contribution in [2.24, 2.45) is 0 Å². The Labute approximate surface area is 88.7 Å². The standard InChI is InChI=1S/C9H18N2O4/c1-6(8(12)13)10-4-3-5-11-7(2)9(14)15/h6-7,10-11H,3-5H2,1-2H3,(H,12,13)(H,14,15)/t6-,7-/m1/s1. The molecule has 0 spiro atoms. The van der Waals surface area contributed by atoms with E-state index in [0.717, 1.165) is 0 Å². The highest BCUT2D eigenvalue weighted by atomic mass is 16.4. The van der Waals surface area contributed by atoms with Gasteiger partial charge in [0.25, 0.3) is 0 Å². The van der Waals surface area contributed by atoms with Crippen LogP contribution in [-0.2, 0) is 9.59 Å². The van der Waals surface area contributed by atoms with Crippen molar-refractivity contribution in [3.63, 3.8) is 0 Å². The molecule has 2 atom stereocenters. The van der Waals surface area contributed by atoms with Crippen LogP contribution in [0.1, 0.15) is 20.3 Å². The molecule has 0 heterocycles. The fourth-order valence-corrected chi connectivity index (χ4v) is 0.900. The van der Waals surface area contributed by atoms with Crippen LogP contribution in [0.5, 0.6) is 0 Å². The van der Waals surface area contributed by atoms with Crippen molar-refractivity contribution < 1.29 is 19.8 Å². The summed E-state index contributed by atoms with van der Waals surface area (Å²) in [6, 6.07) is -1.14. The largest absolute Gasteiger partial charge is 0.480 e. The smallest absolute Gasteiger partial charge is 0.320 e. The topological polar surface area (TPSA) is 98.7 Å². The molecule has 6 heteroatoms. The van der Waals surface area contributed by atoms with E-state index in [1.807, 2.05) is 0 Å². The Morgan fingerprint density at radius 1 is 1.00 bits per heavy atom. The summed E-state index contributed by atoms with van der Waals surface area (Å²) in [4.78, 5) is 20.8. The molecule has 0 saturated carbocycles. The normalized spacial score (nSPS) is 14.5. The van der Waals surface area contributed by atoms with E-state index in [2.05, 4.69) is 10.6 Å². The highest BCUT2D eigenvalue weighted by molar-refractivity contribution is 5.73. The number of carbonyl (C=O) groups is 2. The van der Waals surface area contributed by atoms with Gasteiger partial charge in [-0.15, -0.1) is 0 Å². The van der Waals surface area contributed by atoms with Crippen LogP contribution in [0.4, 0.5) is 0 Å². The van der Waals surface area contributed by atoms with Crippen molar-refractivity contribution >= 4 is 11.9 Å². The van der Waals surface area contributed by atoms with Crippen LogP contribution in [0.3, 0.4) is 0 Å². The van der Waals surface area contributed by atoms with Crippen LogP contribution in [0, 0.1) is 0 Å². The predicted octanol–water partition coefficient (Wildman–Crippen LogP) is -0.498. The van der Waals surface area contributed by atoms with E-state index in [9.17, 15) is 9.59 Å². The van der Waals surface area contributed by atoms with Crippen LogP contribution in [0.2, 0.25) is 0 Å².